The van der Waals surface area contributed by atoms with E-state index in [1.807, 2.05) is 24.0 Å². The number of likely N-dealkylation sites (N-methyl/N-ethyl adjacent to an activating group) is 1. The number of nitrogens with two attached hydrogens (primary N) is 1. The van der Waals surface area contributed by atoms with Gasteiger partial charge in [-0.3, -0.25) is 4.90 Å². The zero-order chi connectivity index (χ0) is 9.42. The minimum absolute atomic E-state index is 0.228. The maximum Gasteiger partial charge on any atom is 0.127 e. The Morgan fingerprint density at radius 3 is 2.77 bits per heavy atom. The molecule has 2 heterocycles. The number of rotatable bonds is 1. The van der Waals surface area contributed by atoms with Crippen molar-refractivity contribution in [2.45, 2.75) is 18.5 Å². The first-order valence-electron chi connectivity index (χ1n) is 4.63. The van der Waals surface area contributed by atoms with Gasteiger partial charge in [-0.2, -0.15) is 0 Å². The smallest absolute Gasteiger partial charge is 0.127 e. The first-order chi connectivity index (χ1) is 6.20. The van der Waals surface area contributed by atoms with Crippen molar-refractivity contribution in [2.75, 3.05) is 13.6 Å². The first-order valence-corrected chi connectivity index (χ1v) is 4.63. The summed E-state index contributed by atoms with van der Waals surface area (Å²) in [5.41, 5.74) is 6.03. The lowest BCUT2D eigenvalue weighted by molar-refractivity contribution is 0.287. The van der Waals surface area contributed by atoms with Gasteiger partial charge in [0.1, 0.15) is 5.82 Å². The molecule has 1 aromatic rings. The fourth-order valence-electron chi connectivity index (χ4n) is 2.03. The summed E-state index contributed by atoms with van der Waals surface area (Å²) in [7, 11) is 4.12. The van der Waals surface area contributed by atoms with E-state index in [-0.39, 0.29) is 6.04 Å². The van der Waals surface area contributed by atoms with Gasteiger partial charge in [0, 0.05) is 32.0 Å². The van der Waals surface area contributed by atoms with Crippen LogP contribution in [0.2, 0.25) is 0 Å². The molecule has 1 fully saturated rings. The van der Waals surface area contributed by atoms with Gasteiger partial charge in [0.15, 0.2) is 0 Å². The second-order valence-corrected chi connectivity index (χ2v) is 3.77. The Morgan fingerprint density at radius 1 is 1.54 bits per heavy atom. The summed E-state index contributed by atoms with van der Waals surface area (Å²) in [6.45, 7) is 1.07. The molecule has 1 aromatic heterocycles. The topological polar surface area (TPSA) is 47.1 Å². The molecule has 2 N–H and O–H groups in total. The van der Waals surface area contributed by atoms with Gasteiger partial charge in [0.2, 0.25) is 0 Å². The summed E-state index contributed by atoms with van der Waals surface area (Å²) in [6, 6.07) is 0.520. The molecule has 1 aliphatic heterocycles. The molecular formula is C9H16N4. The van der Waals surface area contributed by atoms with Gasteiger partial charge in [-0.15, -0.1) is 0 Å². The van der Waals surface area contributed by atoms with Gasteiger partial charge >= 0.3 is 0 Å². The molecule has 1 saturated heterocycles. The molecular weight excluding hydrogens is 164 g/mol. The van der Waals surface area contributed by atoms with Crippen molar-refractivity contribution in [1.82, 2.24) is 14.5 Å². The Kier molecular flexibility index (Phi) is 2.09. The summed E-state index contributed by atoms with van der Waals surface area (Å²) >= 11 is 0. The molecule has 0 bridgehead atoms. The van der Waals surface area contributed by atoms with E-state index in [0.717, 1.165) is 18.8 Å². The van der Waals surface area contributed by atoms with E-state index >= 15 is 0 Å². The number of hydrogen-bond donors (Lipinski definition) is 1. The third-order valence-electron chi connectivity index (χ3n) is 2.82. The average Bonchev–Trinajstić information content (AvgIpc) is 2.60. The maximum atomic E-state index is 6.03. The molecule has 2 atom stereocenters. The second-order valence-electron chi connectivity index (χ2n) is 3.77. The summed E-state index contributed by atoms with van der Waals surface area (Å²) < 4.78 is 2.05. The Bertz CT molecular complexity index is 284. The van der Waals surface area contributed by atoms with E-state index in [1.165, 1.54) is 0 Å². The average molecular weight is 180 g/mol. The van der Waals surface area contributed by atoms with Gasteiger partial charge in [0.05, 0.1) is 6.04 Å². The predicted octanol–water partition coefficient (Wildman–Crippen LogP) is 0.124. The SMILES string of the molecule is CN1CCC(N)C1c1nccn1C. The summed E-state index contributed by atoms with van der Waals surface area (Å²) in [6.07, 6.45) is 4.86. The highest BCUT2D eigenvalue weighted by atomic mass is 15.2. The maximum absolute atomic E-state index is 6.03. The lowest BCUT2D eigenvalue weighted by Crippen LogP contribution is -2.31. The number of aromatic nitrogens is 2. The molecule has 0 saturated carbocycles. The molecule has 2 rings (SSSR count). The molecule has 0 radical (unpaired) electrons. The van der Waals surface area contributed by atoms with Crippen LogP contribution in [-0.2, 0) is 7.05 Å². The van der Waals surface area contributed by atoms with Gasteiger partial charge in [-0.25, -0.2) is 4.98 Å². The Labute approximate surface area is 78.4 Å². The Balaban J connectivity index is 2.29. The van der Waals surface area contributed by atoms with Crippen molar-refractivity contribution < 1.29 is 0 Å². The van der Waals surface area contributed by atoms with Crippen LogP contribution in [0, 0.1) is 0 Å². The third kappa shape index (κ3) is 1.36. The number of aryl methyl sites for hydroxylation is 1. The summed E-state index contributed by atoms with van der Waals surface area (Å²) in [5.74, 6) is 1.08. The molecule has 0 aromatic carbocycles. The highest BCUT2D eigenvalue weighted by molar-refractivity contribution is 5.05. The van der Waals surface area contributed by atoms with Crippen LogP contribution in [0.4, 0.5) is 0 Å². The van der Waals surface area contributed by atoms with Gasteiger partial charge in [-0.1, -0.05) is 0 Å². The van der Waals surface area contributed by atoms with E-state index in [4.69, 9.17) is 5.73 Å². The highest BCUT2D eigenvalue weighted by Crippen LogP contribution is 2.27. The van der Waals surface area contributed by atoms with Crippen LogP contribution in [0.3, 0.4) is 0 Å². The molecule has 72 valence electrons. The largest absolute Gasteiger partial charge is 0.337 e. The summed E-state index contributed by atoms with van der Waals surface area (Å²) in [4.78, 5) is 6.61. The van der Waals surface area contributed by atoms with E-state index in [1.54, 1.807) is 0 Å². The number of hydrogen-bond acceptors (Lipinski definition) is 3. The second kappa shape index (κ2) is 3.12. The number of nitrogens with zero attached hydrogens (tertiary/aromatic N) is 3. The zero-order valence-electron chi connectivity index (χ0n) is 8.14. The standard InChI is InChI=1S/C9H16N4/c1-12-5-3-7(10)8(12)9-11-4-6-13(9)2/h4,6-8H,3,5,10H2,1-2H3. The molecule has 0 spiro atoms. The monoisotopic (exact) mass is 180 g/mol. The van der Waals surface area contributed by atoms with Crippen LogP contribution in [0.25, 0.3) is 0 Å². The van der Waals surface area contributed by atoms with Crippen LogP contribution < -0.4 is 5.73 Å². The summed E-state index contributed by atoms with van der Waals surface area (Å²) in [5, 5.41) is 0. The van der Waals surface area contributed by atoms with Gasteiger partial charge in [-0.05, 0) is 13.5 Å². The lowest BCUT2D eigenvalue weighted by Gasteiger charge is -2.21. The molecule has 4 heteroatoms. The lowest BCUT2D eigenvalue weighted by atomic mass is 10.1. The molecule has 4 nitrogen and oxygen atoms in total. The quantitative estimate of drug-likeness (QED) is 0.668. The van der Waals surface area contributed by atoms with Crippen molar-refractivity contribution in [3.05, 3.63) is 18.2 Å². The fraction of sp³-hybridized carbons (Fsp3) is 0.667. The Morgan fingerprint density at radius 2 is 2.31 bits per heavy atom. The van der Waals surface area contributed by atoms with E-state index < -0.39 is 0 Å². The Hall–Kier alpha value is -0.870. The first kappa shape index (κ1) is 8.72. The minimum atomic E-state index is 0.228. The molecule has 0 aliphatic carbocycles. The third-order valence-corrected chi connectivity index (χ3v) is 2.82. The van der Waals surface area contributed by atoms with E-state index in [2.05, 4.69) is 16.9 Å². The van der Waals surface area contributed by atoms with Crippen molar-refractivity contribution in [1.29, 1.82) is 0 Å². The van der Waals surface area contributed by atoms with Crippen LogP contribution in [-0.4, -0.2) is 34.1 Å². The van der Waals surface area contributed by atoms with Crippen LogP contribution in [0.1, 0.15) is 18.3 Å². The normalized spacial score (nSPS) is 29.8. The van der Waals surface area contributed by atoms with Crippen LogP contribution in [0.5, 0.6) is 0 Å². The van der Waals surface area contributed by atoms with E-state index in [9.17, 15) is 0 Å². The minimum Gasteiger partial charge on any atom is -0.337 e. The molecule has 13 heavy (non-hydrogen) atoms. The number of likely N-dealkylation sites (tertiary alicyclic amines) is 1. The van der Waals surface area contributed by atoms with Crippen molar-refractivity contribution in [2.24, 2.45) is 12.8 Å². The molecule has 0 amide bonds. The van der Waals surface area contributed by atoms with E-state index in [0.29, 0.717) is 6.04 Å². The highest BCUT2D eigenvalue weighted by Gasteiger charge is 2.32. The van der Waals surface area contributed by atoms with Crippen molar-refractivity contribution in [3.63, 3.8) is 0 Å². The van der Waals surface area contributed by atoms with Gasteiger partial charge in [0.25, 0.3) is 0 Å². The van der Waals surface area contributed by atoms with Crippen LogP contribution in [0.15, 0.2) is 12.4 Å². The number of imidazole rings is 1. The predicted molar refractivity (Wildman–Crippen MR) is 51.2 cm³/mol. The molecule has 1 aliphatic rings. The van der Waals surface area contributed by atoms with Gasteiger partial charge < -0.3 is 10.3 Å². The fourth-order valence-corrected chi connectivity index (χ4v) is 2.03. The van der Waals surface area contributed by atoms with Crippen molar-refractivity contribution >= 4 is 0 Å². The zero-order valence-corrected chi connectivity index (χ0v) is 8.14. The molecule has 2 unspecified atom stereocenters. The van der Waals surface area contributed by atoms with Crippen LogP contribution >= 0.6 is 0 Å². The van der Waals surface area contributed by atoms with Crippen molar-refractivity contribution in [3.8, 4) is 0 Å².